The van der Waals surface area contributed by atoms with Gasteiger partial charge in [0.2, 0.25) is 5.91 Å². The lowest BCUT2D eigenvalue weighted by molar-refractivity contribution is -0.136. The van der Waals surface area contributed by atoms with Gasteiger partial charge in [0.15, 0.2) is 0 Å². The first-order valence-electron chi connectivity index (χ1n) is 6.13. The number of nitrogens with two attached hydrogens (primary N) is 1. The van der Waals surface area contributed by atoms with E-state index in [0.717, 1.165) is 32.6 Å². The Hall–Kier alpha value is 0.0900. The highest BCUT2D eigenvalue weighted by molar-refractivity contribution is 8.67. The zero-order valence-corrected chi connectivity index (χ0v) is 12.3. The SMILES string of the molecule is CC(C)CC(CN)C(=O)N1CCN(SS)CC1. The molecule has 1 aliphatic rings. The molecule has 1 unspecified atom stereocenters. The lowest BCUT2D eigenvalue weighted by Gasteiger charge is -2.35. The molecule has 0 spiro atoms. The van der Waals surface area contributed by atoms with Crippen molar-refractivity contribution < 1.29 is 4.79 Å². The fraction of sp³-hybridized carbons (Fsp3) is 0.909. The zero-order chi connectivity index (χ0) is 12.8. The second-order valence-corrected chi connectivity index (χ2v) is 6.07. The predicted octanol–water partition coefficient (Wildman–Crippen LogP) is 1.24. The Labute approximate surface area is 113 Å². The third kappa shape index (κ3) is 4.69. The van der Waals surface area contributed by atoms with Crippen LogP contribution in [0.4, 0.5) is 0 Å². The lowest BCUT2D eigenvalue weighted by atomic mass is 9.95. The molecule has 17 heavy (non-hydrogen) atoms. The van der Waals surface area contributed by atoms with Gasteiger partial charge in [-0.15, -0.1) is 0 Å². The molecule has 1 amide bonds. The first-order valence-corrected chi connectivity index (χ1v) is 7.96. The molecule has 0 bridgehead atoms. The van der Waals surface area contributed by atoms with Gasteiger partial charge in [-0.05, 0) is 23.3 Å². The van der Waals surface area contributed by atoms with Gasteiger partial charge in [-0.2, -0.15) is 0 Å². The summed E-state index contributed by atoms with van der Waals surface area (Å²) in [6.07, 6.45) is 0.886. The third-order valence-corrected chi connectivity index (χ3v) is 4.34. The number of nitrogens with zero attached hydrogens (tertiary/aromatic N) is 2. The Morgan fingerprint density at radius 2 is 1.94 bits per heavy atom. The van der Waals surface area contributed by atoms with Crippen molar-refractivity contribution in [1.29, 1.82) is 0 Å². The van der Waals surface area contributed by atoms with Crippen LogP contribution in [0.25, 0.3) is 0 Å². The molecule has 1 rings (SSSR count). The molecule has 1 heterocycles. The maximum absolute atomic E-state index is 12.3. The standard InChI is InChI=1S/C11H23N3OS2/c1-9(2)7-10(8-12)11(15)13-3-5-14(17-16)6-4-13/h9-10,16H,3-8,12H2,1-2H3. The van der Waals surface area contributed by atoms with Crippen molar-refractivity contribution in [1.82, 2.24) is 9.21 Å². The largest absolute Gasteiger partial charge is 0.340 e. The quantitative estimate of drug-likeness (QED) is 0.451. The fourth-order valence-electron chi connectivity index (χ4n) is 2.12. The normalized spacial score (nSPS) is 19.7. The number of carbonyl (C=O) groups is 1. The first-order chi connectivity index (χ1) is 8.08. The number of piperazine rings is 1. The maximum Gasteiger partial charge on any atom is 0.227 e. The van der Waals surface area contributed by atoms with Crippen molar-refractivity contribution in [3.63, 3.8) is 0 Å². The van der Waals surface area contributed by atoms with E-state index in [1.807, 2.05) is 4.90 Å². The highest BCUT2D eigenvalue weighted by Gasteiger charge is 2.26. The maximum atomic E-state index is 12.3. The van der Waals surface area contributed by atoms with Gasteiger partial charge in [-0.1, -0.05) is 25.5 Å². The van der Waals surface area contributed by atoms with Crippen molar-refractivity contribution in [3.8, 4) is 0 Å². The molecule has 1 aliphatic heterocycles. The summed E-state index contributed by atoms with van der Waals surface area (Å²) in [6.45, 7) is 8.08. The molecular weight excluding hydrogens is 254 g/mol. The molecule has 1 atom stereocenters. The van der Waals surface area contributed by atoms with Crippen LogP contribution in [0.3, 0.4) is 0 Å². The summed E-state index contributed by atoms with van der Waals surface area (Å²) in [5.41, 5.74) is 5.71. The van der Waals surface area contributed by atoms with E-state index in [0.29, 0.717) is 12.5 Å². The summed E-state index contributed by atoms with van der Waals surface area (Å²) in [5, 5.41) is 0. The molecule has 0 aromatic heterocycles. The van der Waals surface area contributed by atoms with Crippen LogP contribution in [0.2, 0.25) is 0 Å². The van der Waals surface area contributed by atoms with E-state index in [1.165, 1.54) is 11.0 Å². The average molecular weight is 277 g/mol. The molecule has 4 nitrogen and oxygen atoms in total. The van der Waals surface area contributed by atoms with Crippen LogP contribution in [0.1, 0.15) is 20.3 Å². The highest BCUT2D eigenvalue weighted by atomic mass is 33.1. The van der Waals surface area contributed by atoms with E-state index >= 15 is 0 Å². The molecule has 100 valence electrons. The summed E-state index contributed by atoms with van der Waals surface area (Å²) in [6, 6.07) is 0. The van der Waals surface area contributed by atoms with E-state index in [1.54, 1.807) is 0 Å². The minimum absolute atomic E-state index is 0.00907. The number of thiol groups is 1. The Balaban J connectivity index is 2.46. The Kier molecular flexibility index (Phi) is 6.69. The topological polar surface area (TPSA) is 49.6 Å². The molecule has 0 aliphatic carbocycles. The predicted molar refractivity (Wildman–Crippen MR) is 76.7 cm³/mol. The van der Waals surface area contributed by atoms with Gasteiger partial charge in [-0.3, -0.25) is 4.79 Å². The summed E-state index contributed by atoms with van der Waals surface area (Å²) in [5.74, 6) is 0.733. The van der Waals surface area contributed by atoms with Gasteiger partial charge in [0.05, 0.1) is 5.92 Å². The smallest absolute Gasteiger partial charge is 0.227 e. The molecule has 0 radical (unpaired) electrons. The van der Waals surface area contributed by atoms with Gasteiger partial charge in [0, 0.05) is 32.7 Å². The molecule has 0 aromatic rings. The van der Waals surface area contributed by atoms with Crippen molar-refractivity contribution >= 4 is 28.5 Å². The van der Waals surface area contributed by atoms with Crippen LogP contribution < -0.4 is 5.73 Å². The fourth-order valence-corrected chi connectivity index (χ4v) is 2.93. The Bertz CT molecular complexity index is 243. The van der Waals surface area contributed by atoms with Crippen molar-refractivity contribution in [3.05, 3.63) is 0 Å². The number of hydrogen-bond donors (Lipinski definition) is 2. The van der Waals surface area contributed by atoms with Gasteiger partial charge >= 0.3 is 0 Å². The minimum atomic E-state index is -0.00907. The zero-order valence-electron chi connectivity index (χ0n) is 10.6. The summed E-state index contributed by atoms with van der Waals surface area (Å²) >= 11 is 4.17. The number of amides is 1. The molecule has 1 saturated heterocycles. The van der Waals surface area contributed by atoms with E-state index in [2.05, 4.69) is 29.8 Å². The second kappa shape index (κ2) is 7.51. The summed E-state index contributed by atoms with van der Waals surface area (Å²) in [4.78, 5) is 14.2. The van der Waals surface area contributed by atoms with Gasteiger partial charge in [0.25, 0.3) is 0 Å². The number of hydrogen-bond acceptors (Lipinski definition) is 5. The van der Waals surface area contributed by atoms with Gasteiger partial charge in [0.1, 0.15) is 0 Å². The van der Waals surface area contributed by atoms with Crippen LogP contribution >= 0.6 is 22.6 Å². The molecule has 1 fully saturated rings. The van der Waals surface area contributed by atoms with Crippen LogP contribution in [-0.4, -0.2) is 47.8 Å². The number of rotatable bonds is 5. The van der Waals surface area contributed by atoms with Crippen LogP contribution in [0.5, 0.6) is 0 Å². The van der Waals surface area contributed by atoms with Crippen molar-refractivity contribution in [2.75, 3.05) is 32.7 Å². The van der Waals surface area contributed by atoms with Crippen molar-refractivity contribution in [2.45, 2.75) is 20.3 Å². The molecule has 0 saturated carbocycles. The van der Waals surface area contributed by atoms with E-state index in [-0.39, 0.29) is 11.8 Å². The van der Waals surface area contributed by atoms with Crippen molar-refractivity contribution in [2.24, 2.45) is 17.6 Å². The lowest BCUT2D eigenvalue weighted by Crippen LogP contribution is -2.49. The monoisotopic (exact) mass is 277 g/mol. The Morgan fingerprint density at radius 3 is 2.35 bits per heavy atom. The van der Waals surface area contributed by atoms with Gasteiger partial charge in [-0.25, -0.2) is 4.31 Å². The average Bonchev–Trinajstić information content (AvgIpc) is 2.35. The van der Waals surface area contributed by atoms with E-state index < -0.39 is 0 Å². The highest BCUT2D eigenvalue weighted by Crippen LogP contribution is 2.19. The van der Waals surface area contributed by atoms with Crippen LogP contribution in [0, 0.1) is 11.8 Å². The molecule has 0 aromatic carbocycles. The Morgan fingerprint density at radius 1 is 1.35 bits per heavy atom. The summed E-state index contributed by atoms with van der Waals surface area (Å²) < 4.78 is 2.16. The van der Waals surface area contributed by atoms with Gasteiger partial charge < -0.3 is 10.6 Å². The van der Waals surface area contributed by atoms with E-state index in [4.69, 9.17) is 5.73 Å². The van der Waals surface area contributed by atoms with Crippen LogP contribution in [-0.2, 0) is 4.79 Å². The minimum Gasteiger partial charge on any atom is -0.340 e. The second-order valence-electron chi connectivity index (χ2n) is 4.90. The third-order valence-electron chi connectivity index (χ3n) is 3.06. The summed E-state index contributed by atoms with van der Waals surface area (Å²) in [7, 11) is 1.45. The van der Waals surface area contributed by atoms with Crippen LogP contribution in [0.15, 0.2) is 0 Å². The van der Waals surface area contributed by atoms with E-state index in [9.17, 15) is 4.79 Å². The number of carbonyl (C=O) groups excluding carboxylic acids is 1. The molecular formula is C11H23N3OS2. The molecule has 6 heteroatoms. The molecule has 2 N–H and O–H groups in total. The first kappa shape index (κ1) is 15.1.